The fraction of sp³-hybridized carbons (Fsp3) is 0.294. The number of anilines is 1. The molecule has 26 heavy (non-hydrogen) atoms. The maximum atomic E-state index is 12.2. The van der Waals surface area contributed by atoms with Gasteiger partial charge in [-0.25, -0.2) is 12.7 Å². The summed E-state index contributed by atoms with van der Waals surface area (Å²) in [5.74, 6) is -1.88. The summed E-state index contributed by atoms with van der Waals surface area (Å²) in [4.78, 5) is 23.1. The largest absolute Gasteiger partial charge is 0.481 e. The Morgan fingerprint density at radius 2 is 1.85 bits per heavy atom. The summed E-state index contributed by atoms with van der Waals surface area (Å²) in [7, 11) is -1.02. The highest BCUT2D eigenvalue weighted by atomic mass is 32.2. The quantitative estimate of drug-likeness (QED) is 0.759. The van der Waals surface area contributed by atoms with Crippen molar-refractivity contribution in [1.82, 2.24) is 4.31 Å². The van der Waals surface area contributed by atoms with Gasteiger partial charge < -0.3 is 14.8 Å². The maximum absolute atomic E-state index is 12.2. The molecule has 1 heterocycles. The van der Waals surface area contributed by atoms with Crippen LogP contribution in [0, 0.1) is 5.92 Å². The third-order valence-electron chi connectivity index (χ3n) is 3.75. The molecule has 0 aliphatic heterocycles. The van der Waals surface area contributed by atoms with E-state index in [0.29, 0.717) is 12.1 Å². The second-order valence-electron chi connectivity index (χ2n) is 6.04. The molecule has 2 rings (SSSR count). The van der Waals surface area contributed by atoms with E-state index in [0.717, 1.165) is 22.2 Å². The van der Waals surface area contributed by atoms with Gasteiger partial charge in [-0.3, -0.25) is 9.59 Å². The van der Waals surface area contributed by atoms with E-state index in [1.54, 1.807) is 31.2 Å². The predicted molar refractivity (Wildman–Crippen MR) is 94.5 cm³/mol. The van der Waals surface area contributed by atoms with Crippen molar-refractivity contribution in [2.24, 2.45) is 5.92 Å². The van der Waals surface area contributed by atoms with Crippen molar-refractivity contribution < 1.29 is 27.5 Å². The number of rotatable bonds is 7. The second-order valence-corrected chi connectivity index (χ2v) is 8.12. The van der Waals surface area contributed by atoms with Crippen molar-refractivity contribution in [3.8, 4) is 0 Å². The Morgan fingerprint density at radius 1 is 1.23 bits per heavy atom. The Labute approximate surface area is 151 Å². The number of hydrogen-bond acceptors (Lipinski definition) is 5. The molecule has 0 fully saturated rings. The molecule has 1 atom stereocenters. The molecule has 0 bridgehead atoms. The van der Waals surface area contributed by atoms with Gasteiger partial charge in [0.05, 0.1) is 11.5 Å². The molecular weight excluding hydrogens is 360 g/mol. The van der Waals surface area contributed by atoms with E-state index in [9.17, 15) is 18.0 Å². The van der Waals surface area contributed by atoms with Crippen LogP contribution in [-0.4, -0.2) is 43.8 Å². The molecule has 1 unspecified atom stereocenters. The Morgan fingerprint density at radius 3 is 2.38 bits per heavy atom. The number of aliphatic carboxylic acids is 1. The van der Waals surface area contributed by atoms with E-state index >= 15 is 0 Å². The van der Waals surface area contributed by atoms with E-state index < -0.39 is 27.8 Å². The zero-order valence-electron chi connectivity index (χ0n) is 14.6. The molecule has 0 saturated carbocycles. The first kappa shape index (κ1) is 19.7. The lowest BCUT2D eigenvalue weighted by Crippen LogP contribution is -2.21. The SMILES string of the molecule is CC(Cc1ccc(NC(=O)c2coc(S(=O)(=O)N(C)C)c2)cc1)C(=O)O. The van der Waals surface area contributed by atoms with Crippen molar-refractivity contribution in [2.75, 3.05) is 19.4 Å². The van der Waals surface area contributed by atoms with Crippen LogP contribution in [0.1, 0.15) is 22.8 Å². The molecule has 140 valence electrons. The minimum absolute atomic E-state index is 0.0778. The summed E-state index contributed by atoms with van der Waals surface area (Å²) >= 11 is 0. The number of carboxylic acids is 1. The van der Waals surface area contributed by atoms with Gasteiger partial charge in [0.15, 0.2) is 0 Å². The summed E-state index contributed by atoms with van der Waals surface area (Å²) < 4.78 is 29.9. The first-order valence-electron chi connectivity index (χ1n) is 7.75. The number of carbonyl (C=O) groups is 2. The molecule has 0 saturated heterocycles. The number of sulfonamides is 1. The molecule has 0 spiro atoms. The number of nitrogens with one attached hydrogen (secondary N) is 1. The third kappa shape index (κ3) is 4.50. The lowest BCUT2D eigenvalue weighted by molar-refractivity contribution is -0.141. The minimum atomic E-state index is -3.75. The lowest BCUT2D eigenvalue weighted by atomic mass is 10.0. The molecule has 0 aliphatic carbocycles. The number of furan rings is 1. The molecular formula is C17H20N2O6S. The Kier molecular flexibility index (Phi) is 5.83. The molecule has 2 N–H and O–H groups in total. The zero-order chi connectivity index (χ0) is 19.5. The summed E-state index contributed by atoms with van der Waals surface area (Å²) in [6, 6.07) is 7.92. The van der Waals surface area contributed by atoms with Crippen LogP contribution in [0.2, 0.25) is 0 Å². The lowest BCUT2D eigenvalue weighted by Gasteiger charge is -2.08. The average molecular weight is 380 g/mol. The van der Waals surface area contributed by atoms with Gasteiger partial charge in [-0.05, 0) is 24.1 Å². The highest BCUT2D eigenvalue weighted by Gasteiger charge is 2.23. The Hall–Kier alpha value is -2.65. The highest BCUT2D eigenvalue weighted by molar-refractivity contribution is 7.88. The molecule has 0 aliphatic rings. The van der Waals surface area contributed by atoms with Gasteiger partial charge in [0.25, 0.3) is 15.9 Å². The number of carbonyl (C=O) groups excluding carboxylic acids is 1. The van der Waals surface area contributed by atoms with Crippen molar-refractivity contribution in [3.05, 3.63) is 47.7 Å². The van der Waals surface area contributed by atoms with Crippen LogP contribution in [0.3, 0.4) is 0 Å². The summed E-state index contributed by atoms with van der Waals surface area (Å²) in [6.07, 6.45) is 1.46. The normalized spacial score (nSPS) is 12.8. The van der Waals surface area contributed by atoms with E-state index in [1.807, 2.05) is 0 Å². The van der Waals surface area contributed by atoms with Crippen molar-refractivity contribution in [1.29, 1.82) is 0 Å². The summed E-state index contributed by atoms with van der Waals surface area (Å²) in [6.45, 7) is 1.62. The van der Waals surface area contributed by atoms with Crippen LogP contribution in [-0.2, 0) is 21.2 Å². The first-order chi connectivity index (χ1) is 12.1. The summed E-state index contributed by atoms with van der Waals surface area (Å²) in [5, 5.41) is 11.2. The zero-order valence-corrected chi connectivity index (χ0v) is 15.4. The molecule has 2 aromatic rings. The van der Waals surface area contributed by atoms with Gasteiger partial charge in [-0.15, -0.1) is 0 Å². The van der Waals surface area contributed by atoms with Crippen LogP contribution in [0.15, 0.2) is 46.1 Å². The van der Waals surface area contributed by atoms with E-state index in [-0.39, 0.29) is 10.7 Å². The topological polar surface area (TPSA) is 117 Å². The van der Waals surface area contributed by atoms with Gasteiger partial charge in [-0.2, -0.15) is 0 Å². The molecule has 1 aromatic carbocycles. The second kappa shape index (κ2) is 7.71. The molecule has 0 radical (unpaired) electrons. The number of benzene rings is 1. The van der Waals surface area contributed by atoms with Crippen LogP contribution in [0.5, 0.6) is 0 Å². The van der Waals surface area contributed by atoms with Crippen LogP contribution >= 0.6 is 0 Å². The van der Waals surface area contributed by atoms with Gasteiger partial charge in [0.1, 0.15) is 6.26 Å². The fourth-order valence-corrected chi connectivity index (χ4v) is 2.92. The Balaban J connectivity index is 2.06. The fourth-order valence-electron chi connectivity index (χ4n) is 2.12. The van der Waals surface area contributed by atoms with Gasteiger partial charge in [0, 0.05) is 25.8 Å². The van der Waals surface area contributed by atoms with E-state index in [1.165, 1.54) is 14.1 Å². The van der Waals surface area contributed by atoms with Crippen LogP contribution < -0.4 is 5.32 Å². The molecule has 1 amide bonds. The third-order valence-corrected chi connectivity index (χ3v) is 5.43. The smallest absolute Gasteiger partial charge is 0.306 e. The van der Waals surface area contributed by atoms with Crippen LogP contribution in [0.25, 0.3) is 0 Å². The number of nitrogens with zero attached hydrogens (tertiary/aromatic N) is 1. The van der Waals surface area contributed by atoms with Gasteiger partial charge in [0.2, 0.25) is 5.09 Å². The predicted octanol–water partition coefficient (Wildman–Crippen LogP) is 2.05. The molecule has 8 nitrogen and oxygen atoms in total. The van der Waals surface area contributed by atoms with E-state index in [2.05, 4.69) is 5.32 Å². The van der Waals surface area contributed by atoms with Crippen molar-refractivity contribution in [3.63, 3.8) is 0 Å². The van der Waals surface area contributed by atoms with Crippen molar-refractivity contribution >= 4 is 27.6 Å². The van der Waals surface area contributed by atoms with Gasteiger partial charge >= 0.3 is 5.97 Å². The van der Waals surface area contributed by atoms with E-state index in [4.69, 9.17) is 9.52 Å². The standard InChI is InChI=1S/C17H20N2O6S/c1-11(17(21)22)8-12-4-6-14(7-5-12)18-16(20)13-9-15(25-10-13)26(23,24)19(2)3/h4-7,9-11H,8H2,1-3H3,(H,18,20)(H,21,22). The molecule has 1 aromatic heterocycles. The number of hydrogen-bond donors (Lipinski definition) is 2. The monoisotopic (exact) mass is 380 g/mol. The number of carboxylic acid groups (broad SMARTS) is 1. The van der Waals surface area contributed by atoms with Crippen LogP contribution in [0.4, 0.5) is 5.69 Å². The Bertz CT molecular complexity index is 900. The number of amides is 1. The maximum Gasteiger partial charge on any atom is 0.306 e. The highest BCUT2D eigenvalue weighted by Crippen LogP contribution is 2.19. The van der Waals surface area contributed by atoms with Gasteiger partial charge in [-0.1, -0.05) is 19.1 Å². The van der Waals surface area contributed by atoms with Crippen molar-refractivity contribution in [2.45, 2.75) is 18.4 Å². The summed E-state index contributed by atoms with van der Waals surface area (Å²) in [5.41, 5.74) is 1.41. The average Bonchev–Trinajstić information content (AvgIpc) is 3.07. The first-order valence-corrected chi connectivity index (χ1v) is 9.19. The molecule has 9 heteroatoms. The minimum Gasteiger partial charge on any atom is -0.481 e.